The van der Waals surface area contributed by atoms with Gasteiger partial charge in [0.15, 0.2) is 0 Å². The van der Waals surface area contributed by atoms with E-state index >= 15 is 0 Å². The summed E-state index contributed by atoms with van der Waals surface area (Å²) in [6.45, 7) is 4.54. The van der Waals surface area contributed by atoms with Gasteiger partial charge in [0.25, 0.3) is 0 Å². The zero-order valence-electron chi connectivity index (χ0n) is 12.9. The van der Waals surface area contributed by atoms with Crippen molar-refractivity contribution < 1.29 is 9.53 Å². The molecule has 0 aliphatic heterocycles. The Labute approximate surface area is 136 Å². The third kappa shape index (κ3) is 4.81. The van der Waals surface area contributed by atoms with Gasteiger partial charge in [-0.05, 0) is 32.0 Å². The molecule has 0 aromatic heterocycles. The van der Waals surface area contributed by atoms with Crippen molar-refractivity contribution in [3.8, 4) is 5.75 Å². The van der Waals surface area contributed by atoms with Crippen LogP contribution in [0.2, 0.25) is 0 Å². The maximum absolute atomic E-state index is 12.2. The average molecular weight is 315 g/mol. The van der Waals surface area contributed by atoms with Crippen LogP contribution in [0.3, 0.4) is 0 Å². The summed E-state index contributed by atoms with van der Waals surface area (Å²) in [6.07, 6.45) is 0. The molecule has 3 nitrogen and oxygen atoms in total. The van der Waals surface area contributed by atoms with Crippen molar-refractivity contribution in [2.45, 2.75) is 24.9 Å². The molecule has 0 aliphatic rings. The van der Waals surface area contributed by atoms with Gasteiger partial charge in [0, 0.05) is 17.0 Å². The Kier molecular flexibility index (Phi) is 6.34. The van der Waals surface area contributed by atoms with E-state index in [0.29, 0.717) is 6.61 Å². The van der Waals surface area contributed by atoms with E-state index in [1.54, 1.807) is 11.8 Å². The number of nitrogens with one attached hydrogen (secondary N) is 1. The maximum atomic E-state index is 12.2. The molecule has 22 heavy (non-hydrogen) atoms. The molecular weight excluding hydrogens is 294 g/mol. The van der Waals surface area contributed by atoms with Crippen LogP contribution in [-0.4, -0.2) is 17.8 Å². The van der Waals surface area contributed by atoms with Gasteiger partial charge in [0.2, 0.25) is 5.91 Å². The van der Waals surface area contributed by atoms with Crippen LogP contribution in [0.25, 0.3) is 0 Å². The molecule has 2 aromatic carbocycles. The molecule has 2 rings (SSSR count). The van der Waals surface area contributed by atoms with Crippen molar-refractivity contribution in [3.63, 3.8) is 0 Å². The Morgan fingerprint density at radius 1 is 1.14 bits per heavy atom. The fourth-order valence-corrected chi connectivity index (χ4v) is 2.85. The molecule has 0 saturated heterocycles. The Bertz CT molecular complexity index is 601. The van der Waals surface area contributed by atoms with Gasteiger partial charge in [0.1, 0.15) is 5.75 Å². The fourth-order valence-electron chi connectivity index (χ4n) is 1.98. The molecule has 0 bridgehead atoms. The largest absolute Gasteiger partial charge is 0.494 e. The van der Waals surface area contributed by atoms with Crippen LogP contribution >= 0.6 is 11.8 Å². The summed E-state index contributed by atoms with van der Waals surface area (Å²) in [5.41, 5.74) is 1.95. The Morgan fingerprint density at radius 2 is 1.82 bits per heavy atom. The quantitative estimate of drug-likeness (QED) is 0.825. The molecule has 0 fully saturated rings. The van der Waals surface area contributed by atoms with Crippen molar-refractivity contribution in [3.05, 3.63) is 60.2 Å². The Hall–Kier alpha value is -1.94. The summed E-state index contributed by atoms with van der Waals surface area (Å²) in [5.74, 6) is 1.66. The van der Waals surface area contributed by atoms with Gasteiger partial charge in [-0.3, -0.25) is 4.79 Å². The molecule has 0 radical (unpaired) electrons. The highest BCUT2D eigenvalue weighted by atomic mass is 32.2. The first kappa shape index (κ1) is 16.4. The standard InChI is InChI=1S/C18H21NO2S/c1-3-21-17-12-8-7-9-15(17)13-22-14(2)18(20)19-16-10-5-4-6-11-16/h4-12,14H,3,13H2,1-2H3,(H,19,20). The van der Waals surface area contributed by atoms with Crippen LogP contribution < -0.4 is 10.1 Å². The van der Waals surface area contributed by atoms with Crippen LogP contribution in [0.5, 0.6) is 5.75 Å². The Morgan fingerprint density at radius 3 is 2.55 bits per heavy atom. The molecule has 1 amide bonds. The minimum absolute atomic E-state index is 0.0186. The fraction of sp³-hybridized carbons (Fsp3) is 0.278. The van der Waals surface area contributed by atoms with E-state index in [9.17, 15) is 4.79 Å². The first-order valence-corrected chi connectivity index (χ1v) is 8.43. The van der Waals surface area contributed by atoms with E-state index in [2.05, 4.69) is 5.32 Å². The van der Waals surface area contributed by atoms with E-state index < -0.39 is 0 Å². The van der Waals surface area contributed by atoms with Crippen LogP contribution in [0.4, 0.5) is 5.69 Å². The number of carbonyl (C=O) groups is 1. The van der Waals surface area contributed by atoms with Gasteiger partial charge < -0.3 is 10.1 Å². The molecule has 2 aromatic rings. The lowest BCUT2D eigenvalue weighted by atomic mass is 10.2. The van der Waals surface area contributed by atoms with Gasteiger partial charge in [-0.15, -0.1) is 11.8 Å². The smallest absolute Gasteiger partial charge is 0.237 e. The lowest BCUT2D eigenvalue weighted by molar-refractivity contribution is -0.115. The second-order valence-electron chi connectivity index (χ2n) is 4.85. The van der Waals surface area contributed by atoms with Crippen LogP contribution in [0.1, 0.15) is 19.4 Å². The predicted molar refractivity (Wildman–Crippen MR) is 93.4 cm³/mol. The van der Waals surface area contributed by atoms with Gasteiger partial charge in [-0.1, -0.05) is 36.4 Å². The molecule has 1 N–H and O–H groups in total. The number of para-hydroxylation sites is 2. The maximum Gasteiger partial charge on any atom is 0.237 e. The van der Waals surface area contributed by atoms with Crippen molar-refractivity contribution in [2.75, 3.05) is 11.9 Å². The van der Waals surface area contributed by atoms with E-state index in [-0.39, 0.29) is 11.2 Å². The summed E-state index contributed by atoms with van der Waals surface area (Å²) < 4.78 is 5.61. The molecule has 1 atom stereocenters. The molecule has 4 heteroatoms. The predicted octanol–water partition coefficient (Wildman–Crippen LogP) is 4.35. The zero-order chi connectivity index (χ0) is 15.8. The van der Waals surface area contributed by atoms with E-state index in [1.807, 2.05) is 68.4 Å². The highest BCUT2D eigenvalue weighted by molar-refractivity contribution is 7.99. The molecule has 116 valence electrons. The number of amides is 1. The summed E-state index contributed by atoms with van der Waals surface area (Å²) in [4.78, 5) is 12.2. The topological polar surface area (TPSA) is 38.3 Å². The summed E-state index contributed by atoms with van der Waals surface area (Å²) in [6, 6.07) is 17.5. The molecule has 0 aliphatic carbocycles. The second-order valence-corrected chi connectivity index (χ2v) is 6.18. The number of anilines is 1. The van der Waals surface area contributed by atoms with Crippen LogP contribution in [0.15, 0.2) is 54.6 Å². The minimum atomic E-state index is -0.130. The number of rotatable bonds is 7. The van der Waals surface area contributed by atoms with E-state index in [4.69, 9.17) is 4.74 Å². The second kappa shape index (κ2) is 8.49. The minimum Gasteiger partial charge on any atom is -0.494 e. The van der Waals surface area contributed by atoms with Crippen molar-refractivity contribution in [1.82, 2.24) is 0 Å². The lowest BCUT2D eigenvalue weighted by Gasteiger charge is -2.14. The molecule has 0 saturated carbocycles. The van der Waals surface area contributed by atoms with Gasteiger partial charge in [0.05, 0.1) is 11.9 Å². The van der Waals surface area contributed by atoms with E-state index in [0.717, 1.165) is 22.8 Å². The summed E-state index contributed by atoms with van der Waals surface area (Å²) >= 11 is 1.60. The third-order valence-electron chi connectivity index (χ3n) is 3.17. The summed E-state index contributed by atoms with van der Waals surface area (Å²) in [7, 11) is 0. The van der Waals surface area contributed by atoms with Crippen molar-refractivity contribution in [2.24, 2.45) is 0 Å². The Balaban J connectivity index is 1.89. The van der Waals surface area contributed by atoms with Crippen molar-refractivity contribution in [1.29, 1.82) is 0 Å². The SMILES string of the molecule is CCOc1ccccc1CSC(C)C(=O)Nc1ccccc1. The summed E-state index contributed by atoms with van der Waals surface area (Å²) in [5, 5.41) is 2.80. The lowest BCUT2D eigenvalue weighted by Crippen LogP contribution is -2.22. The first-order chi connectivity index (χ1) is 10.7. The zero-order valence-corrected chi connectivity index (χ0v) is 13.7. The molecule has 1 unspecified atom stereocenters. The number of carbonyl (C=O) groups excluding carboxylic acids is 1. The first-order valence-electron chi connectivity index (χ1n) is 7.39. The number of thioether (sulfide) groups is 1. The van der Waals surface area contributed by atoms with E-state index in [1.165, 1.54) is 0 Å². The molecular formula is C18H21NO2S. The third-order valence-corrected chi connectivity index (χ3v) is 4.36. The average Bonchev–Trinajstić information content (AvgIpc) is 2.55. The van der Waals surface area contributed by atoms with Crippen molar-refractivity contribution >= 4 is 23.4 Å². The highest BCUT2D eigenvalue weighted by Gasteiger charge is 2.14. The number of ether oxygens (including phenoxy) is 1. The van der Waals surface area contributed by atoms with Crippen LogP contribution in [-0.2, 0) is 10.5 Å². The monoisotopic (exact) mass is 315 g/mol. The molecule has 0 heterocycles. The number of hydrogen-bond donors (Lipinski definition) is 1. The normalized spacial score (nSPS) is 11.7. The highest BCUT2D eigenvalue weighted by Crippen LogP contribution is 2.26. The molecule has 0 spiro atoms. The van der Waals surface area contributed by atoms with Gasteiger partial charge in [-0.25, -0.2) is 0 Å². The van der Waals surface area contributed by atoms with Gasteiger partial charge in [-0.2, -0.15) is 0 Å². The van der Waals surface area contributed by atoms with Crippen LogP contribution in [0, 0.1) is 0 Å². The number of hydrogen-bond acceptors (Lipinski definition) is 3. The number of benzene rings is 2. The van der Waals surface area contributed by atoms with Gasteiger partial charge >= 0.3 is 0 Å².